The summed E-state index contributed by atoms with van der Waals surface area (Å²) >= 11 is 0. The van der Waals surface area contributed by atoms with Crippen LogP contribution in [0.5, 0.6) is 0 Å². The van der Waals surface area contributed by atoms with Crippen molar-refractivity contribution in [1.29, 1.82) is 0 Å². The second kappa shape index (κ2) is 6.64. The molecular weight excluding hydrogens is 230 g/mol. The lowest BCUT2D eigenvalue weighted by Gasteiger charge is -2.14. The molecule has 0 saturated carbocycles. The normalized spacial score (nSPS) is 11.5. The molecule has 5 nitrogen and oxygen atoms in total. The number of amides is 3. The maximum atomic E-state index is 11.6. The van der Waals surface area contributed by atoms with E-state index in [9.17, 15) is 9.59 Å². The molecule has 5 heteroatoms. The molecule has 0 aliphatic rings. The van der Waals surface area contributed by atoms with E-state index >= 15 is 0 Å². The fourth-order valence-electron chi connectivity index (χ4n) is 1.39. The minimum absolute atomic E-state index is 0.198. The van der Waals surface area contributed by atoms with Gasteiger partial charge < -0.3 is 16.0 Å². The molecule has 1 aromatic carbocycles. The lowest BCUT2D eigenvalue weighted by Crippen LogP contribution is -2.46. The van der Waals surface area contributed by atoms with E-state index in [-0.39, 0.29) is 5.91 Å². The molecular formula is C13H19N3O2. The lowest BCUT2D eigenvalue weighted by atomic mass is 10.2. The number of rotatable bonds is 4. The number of nitrogens with one attached hydrogen (secondary N) is 3. The molecule has 1 aromatic rings. The van der Waals surface area contributed by atoms with E-state index in [1.807, 2.05) is 38.1 Å². The zero-order valence-corrected chi connectivity index (χ0v) is 10.9. The standard InChI is InChI=1S/C13H19N3O2/c1-4-14-12(17)10(3)15-13(18)16-11-7-5-9(2)6-8-11/h5-8,10H,4H2,1-3H3,(H,14,17)(H2,15,16,18)/t10-/m1/s1. The van der Waals surface area contributed by atoms with Gasteiger partial charge in [-0.25, -0.2) is 4.79 Å². The van der Waals surface area contributed by atoms with Gasteiger partial charge in [-0.3, -0.25) is 4.79 Å². The summed E-state index contributed by atoms with van der Waals surface area (Å²) in [6.07, 6.45) is 0. The third-order valence-electron chi connectivity index (χ3n) is 2.40. The molecule has 0 aromatic heterocycles. The van der Waals surface area contributed by atoms with Gasteiger partial charge in [0.05, 0.1) is 0 Å². The van der Waals surface area contributed by atoms with Gasteiger partial charge in [0.15, 0.2) is 0 Å². The highest BCUT2D eigenvalue weighted by molar-refractivity contribution is 5.93. The van der Waals surface area contributed by atoms with Gasteiger partial charge in [0.2, 0.25) is 5.91 Å². The number of hydrogen-bond donors (Lipinski definition) is 3. The van der Waals surface area contributed by atoms with Crippen LogP contribution in [0.3, 0.4) is 0 Å². The summed E-state index contributed by atoms with van der Waals surface area (Å²) in [5.41, 5.74) is 1.82. The van der Waals surface area contributed by atoms with Crippen LogP contribution in [0.4, 0.5) is 10.5 Å². The van der Waals surface area contributed by atoms with E-state index in [4.69, 9.17) is 0 Å². The third-order valence-corrected chi connectivity index (χ3v) is 2.40. The van der Waals surface area contributed by atoms with Crippen molar-refractivity contribution >= 4 is 17.6 Å². The Balaban J connectivity index is 2.46. The first-order valence-corrected chi connectivity index (χ1v) is 5.94. The van der Waals surface area contributed by atoms with Gasteiger partial charge in [-0.1, -0.05) is 17.7 Å². The highest BCUT2D eigenvalue weighted by Crippen LogP contribution is 2.08. The Labute approximate surface area is 107 Å². The molecule has 0 unspecified atom stereocenters. The Morgan fingerprint density at radius 2 is 1.83 bits per heavy atom. The second-order valence-electron chi connectivity index (χ2n) is 4.08. The molecule has 0 radical (unpaired) electrons. The molecule has 0 saturated heterocycles. The van der Waals surface area contributed by atoms with Crippen LogP contribution in [0.1, 0.15) is 19.4 Å². The number of urea groups is 1. The van der Waals surface area contributed by atoms with Crippen LogP contribution >= 0.6 is 0 Å². The lowest BCUT2D eigenvalue weighted by molar-refractivity contribution is -0.122. The van der Waals surface area contributed by atoms with Crippen LogP contribution in [0.15, 0.2) is 24.3 Å². The maximum absolute atomic E-state index is 11.6. The van der Waals surface area contributed by atoms with Gasteiger partial charge in [0.1, 0.15) is 6.04 Å². The Morgan fingerprint density at radius 1 is 1.22 bits per heavy atom. The molecule has 0 fully saturated rings. The number of likely N-dealkylation sites (N-methyl/N-ethyl adjacent to an activating group) is 1. The van der Waals surface area contributed by atoms with Crippen molar-refractivity contribution in [1.82, 2.24) is 10.6 Å². The van der Waals surface area contributed by atoms with Crippen LogP contribution in [-0.4, -0.2) is 24.5 Å². The van der Waals surface area contributed by atoms with E-state index in [1.54, 1.807) is 6.92 Å². The summed E-state index contributed by atoms with van der Waals surface area (Å²) in [7, 11) is 0. The van der Waals surface area contributed by atoms with Crippen molar-refractivity contribution in [3.8, 4) is 0 Å². The fourth-order valence-corrected chi connectivity index (χ4v) is 1.39. The van der Waals surface area contributed by atoms with E-state index in [0.29, 0.717) is 12.2 Å². The SMILES string of the molecule is CCNC(=O)[C@@H](C)NC(=O)Nc1ccc(C)cc1. The van der Waals surface area contributed by atoms with Crippen molar-refractivity contribution in [2.24, 2.45) is 0 Å². The summed E-state index contributed by atoms with van der Waals surface area (Å²) < 4.78 is 0. The number of anilines is 1. The average molecular weight is 249 g/mol. The van der Waals surface area contributed by atoms with Crippen molar-refractivity contribution in [2.75, 3.05) is 11.9 Å². The van der Waals surface area contributed by atoms with Crippen molar-refractivity contribution in [3.63, 3.8) is 0 Å². The van der Waals surface area contributed by atoms with Gasteiger partial charge in [-0.2, -0.15) is 0 Å². The maximum Gasteiger partial charge on any atom is 0.319 e. The zero-order valence-electron chi connectivity index (χ0n) is 10.9. The summed E-state index contributed by atoms with van der Waals surface area (Å²) in [6.45, 7) is 5.99. The molecule has 98 valence electrons. The Hall–Kier alpha value is -2.04. The van der Waals surface area contributed by atoms with E-state index < -0.39 is 12.1 Å². The number of benzene rings is 1. The number of carbonyl (C=O) groups excluding carboxylic acids is 2. The average Bonchev–Trinajstić information content (AvgIpc) is 2.32. The Kier molecular flexibility index (Phi) is 5.17. The smallest absolute Gasteiger partial charge is 0.319 e. The summed E-state index contributed by atoms with van der Waals surface area (Å²) in [5.74, 6) is -0.198. The molecule has 0 aliphatic carbocycles. The van der Waals surface area contributed by atoms with Crippen molar-refractivity contribution in [3.05, 3.63) is 29.8 Å². The topological polar surface area (TPSA) is 70.2 Å². The van der Waals surface area contributed by atoms with Crippen LogP contribution in [0.2, 0.25) is 0 Å². The summed E-state index contributed by atoms with van der Waals surface area (Å²) in [5, 5.41) is 7.87. The highest BCUT2D eigenvalue weighted by atomic mass is 16.2. The molecule has 0 bridgehead atoms. The van der Waals surface area contributed by atoms with Gasteiger partial charge in [-0.05, 0) is 32.9 Å². The summed E-state index contributed by atoms with van der Waals surface area (Å²) in [6, 6.07) is 6.48. The van der Waals surface area contributed by atoms with Crippen molar-refractivity contribution in [2.45, 2.75) is 26.8 Å². The largest absolute Gasteiger partial charge is 0.355 e. The molecule has 0 aliphatic heterocycles. The van der Waals surface area contributed by atoms with E-state index in [0.717, 1.165) is 5.56 Å². The number of aryl methyl sites for hydroxylation is 1. The minimum Gasteiger partial charge on any atom is -0.355 e. The molecule has 3 N–H and O–H groups in total. The second-order valence-corrected chi connectivity index (χ2v) is 4.08. The van der Waals surface area contributed by atoms with Gasteiger partial charge >= 0.3 is 6.03 Å². The third kappa shape index (κ3) is 4.45. The van der Waals surface area contributed by atoms with Gasteiger partial charge in [0.25, 0.3) is 0 Å². The summed E-state index contributed by atoms with van der Waals surface area (Å²) in [4.78, 5) is 23.0. The zero-order chi connectivity index (χ0) is 13.5. The first kappa shape index (κ1) is 14.0. The van der Waals surface area contributed by atoms with Crippen LogP contribution in [0, 0.1) is 6.92 Å². The molecule has 1 atom stereocenters. The molecule has 0 spiro atoms. The van der Waals surface area contributed by atoms with Crippen LogP contribution in [0.25, 0.3) is 0 Å². The first-order valence-electron chi connectivity index (χ1n) is 5.94. The van der Waals surface area contributed by atoms with Crippen LogP contribution < -0.4 is 16.0 Å². The predicted octanol–water partition coefficient (Wildman–Crippen LogP) is 1.64. The van der Waals surface area contributed by atoms with E-state index in [1.165, 1.54) is 0 Å². The van der Waals surface area contributed by atoms with Crippen molar-refractivity contribution < 1.29 is 9.59 Å². The van der Waals surface area contributed by atoms with Gasteiger partial charge in [-0.15, -0.1) is 0 Å². The quantitative estimate of drug-likeness (QED) is 0.759. The van der Waals surface area contributed by atoms with Gasteiger partial charge in [0, 0.05) is 12.2 Å². The molecule has 3 amide bonds. The van der Waals surface area contributed by atoms with E-state index in [2.05, 4.69) is 16.0 Å². The molecule has 18 heavy (non-hydrogen) atoms. The minimum atomic E-state index is -0.560. The Bertz CT molecular complexity index is 415. The molecule has 0 heterocycles. The monoisotopic (exact) mass is 249 g/mol. The first-order chi connectivity index (χ1) is 8.52. The van der Waals surface area contributed by atoms with Crippen LogP contribution in [-0.2, 0) is 4.79 Å². The number of hydrogen-bond acceptors (Lipinski definition) is 2. The fraction of sp³-hybridized carbons (Fsp3) is 0.385. The highest BCUT2D eigenvalue weighted by Gasteiger charge is 2.14. The molecule has 1 rings (SSSR count). The Morgan fingerprint density at radius 3 is 2.39 bits per heavy atom. The number of carbonyl (C=O) groups is 2. The predicted molar refractivity (Wildman–Crippen MR) is 71.5 cm³/mol.